The zero-order valence-electron chi connectivity index (χ0n) is 15.8. The number of carbonyl (C=O) groups is 1. The van der Waals surface area contributed by atoms with E-state index in [0.29, 0.717) is 0 Å². The predicted octanol–water partition coefficient (Wildman–Crippen LogP) is -1.28. The van der Waals surface area contributed by atoms with Gasteiger partial charge in [-0.25, -0.2) is 19.7 Å². The molecule has 31 heavy (non-hydrogen) atoms. The second-order valence-electron chi connectivity index (χ2n) is 6.67. The summed E-state index contributed by atoms with van der Waals surface area (Å²) in [5.74, 6) is -0.759. The molecule has 0 aliphatic carbocycles. The first-order valence-electron chi connectivity index (χ1n) is 8.98. The lowest BCUT2D eigenvalue weighted by Gasteiger charge is -2.16. The monoisotopic (exact) mass is 450 g/mol. The second-order valence-corrected chi connectivity index (χ2v) is 8.01. The van der Waals surface area contributed by atoms with Crippen molar-refractivity contribution in [2.24, 2.45) is 0 Å². The van der Waals surface area contributed by atoms with E-state index in [9.17, 15) is 23.4 Å². The van der Waals surface area contributed by atoms with Crippen molar-refractivity contribution in [3.63, 3.8) is 0 Å². The minimum absolute atomic E-state index is 0.121. The van der Waals surface area contributed by atoms with Gasteiger partial charge >= 0.3 is 10.3 Å². The van der Waals surface area contributed by atoms with Gasteiger partial charge in [-0.1, -0.05) is 18.2 Å². The summed E-state index contributed by atoms with van der Waals surface area (Å²) in [7, 11) is -4.50. The van der Waals surface area contributed by atoms with Gasteiger partial charge < -0.3 is 20.7 Å². The molecule has 0 radical (unpaired) electrons. The zero-order valence-corrected chi connectivity index (χ0v) is 16.6. The van der Waals surface area contributed by atoms with Crippen LogP contribution in [-0.4, -0.2) is 69.0 Å². The van der Waals surface area contributed by atoms with Gasteiger partial charge in [-0.3, -0.25) is 13.5 Å². The number of nitrogens with one attached hydrogen (secondary N) is 1. The summed E-state index contributed by atoms with van der Waals surface area (Å²) in [6.07, 6.45) is -2.78. The van der Waals surface area contributed by atoms with Crippen molar-refractivity contribution in [1.29, 1.82) is 0 Å². The van der Waals surface area contributed by atoms with E-state index in [0.717, 1.165) is 0 Å². The van der Waals surface area contributed by atoms with Crippen molar-refractivity contribution in [3.8, 4) is 0 Å². The average molecular weight is 450 g/mol. The molecule has 14 heteroatoms. The van der Waals surface area contributed by atoms with Gasteiger partial charge in [0.1, 0.15) is 30.2 Å². The Balaban J connectivity index is 1.43. The number of anilines is 1. The Kier molecular flexibility index (Phi) is 5.55. The molecule has 4 rings (SSSR count). The number of aliphatic hydroxyl groups excluding tert-OH is 2. The largest absolute Gasteiger partial charge is 0.387 e. The third kappa shape index (κ3) is 4.19. The molecule has 3 heterocycles. The van der Waals surface area contributed by atoms with Gasteiger partial charge in [0, 0.05) is 5.56 Å². The Hall–Kier alpha value is -3.17. The Morgan fingerprint density at radius 1 is 1.19 bits per heavy atom. The van der Waals surface area contributed by atoms with Gasteiger partial charge in [0.05, 0.1) is 12.9 Å². The van der Waals surface area contributed by atoms with Crippen molar-refractivity contribution in [3.05, 3.63) is 48.5 Å². The van der Waals surface area contributed by atoms with E-state index in [4.69, 9.17) is 14.7 Å². The van der Waals surface area contributed by atoms with Crippen LogP contribution in [-0.2, 0) is 19.2 Å². The maximum atomic E-state index is 12.1. The first kappa shape index (κ1) is 21.1. The molecule has 1 aliphatic rings. The van der Waals surface area contributed by atoms with Gasteiger partial charge in [-0.05, 0) is 12.1 Å². The number of benzene rings is 1. The first-order valence-corrected chi connectivity index (χ1v) is 10.4. The molecule has 3 aromatic rings. The molecular formula is C17H18N6O7S. The van der Waals surface area contributed by atoms with E-state index in [-0.39, 0.29) is 22.5 Å². The number of nitrogen functional groups attached to an aromatic ring is 1. The highest BCUT2D eigenvalue weighted by Crippen LogP contribution is 2.32. The topological polar surface area (TPSA) is 192 Å². The number of hydrogen-bond donors (Lipinski definition) is 4. The Labute approximate surface area is 175 Å². The number of aromatic nitrogens is 4. The minimum atomic E-state index is -4.50. The second kappa shape index (κ2) is 8.16. The fourth-order valence-electron chi connectivity index (χ4n) is 3.10. The highest BCUT2D eigenvalue weighted by Gasteiger charge is 2.45. The Morgan fingerprint density at radius 2 is 1.94 bits per heavy atom. The van der Waals surface area contributed by atoms with Crippen molar-refractivity contribution in [2.45, 2.75) is 24.5 Å². The number of nitrogens with two attached hydrogens (primary N) is 1. The van der Waals surface area contributed by atoms with Gasteiger partial charge in [0.15, 0.2) is 17.7 Å². The maximum Gasteiger partial charge on any atom is 0.362 e. The van der Waals surface area contributed by atoms with Crippen LogP contribution in [0, 0.1) is 0 Å². The summed E-state index contributed by atoms with van der Waals surface area (Å²) in [5, 5.41) is 20.7. The molecule has 2 aromatic heterocycles. The summed E-state index contributed by atoms with van der Waals surface area (Å²) in [6, 6.07) is 7.69. The normalized spacial score (nSPS) is 23.8. The number of imidazole rings is 1. The van der Waals surface area contributed by atoms with Crippen LogP contribution in [0.3, 0.4) is 0 Å². The van der Waals surface area contributed by atoms with Gasteiger partial charge in [-0.15, -0.1) is 0 Å². The number of rotatable bonds is 6. The Bertz CT molecular complexity index is 1200. The van der Waals surface area contributed by atoms with Crippen LogP contribution in [0.1, 0.15) is 16.6 Å². The average Bonchev–Trinajstić information content (AvgIpc) is 3.29. The molecule has 1 aliphatic heterocycles. The van der Waals surface area contributed by atoms with Crippen LogP contribution >= 0.6 is 0 Å². The number of carbonyl (C=O) groups excluding carboxylic acids is 1. The molecule has 0 saturated carbocycles. The fourth-order valence-corrected chi connectivity index (χ4v) is 3.82. The number of aliphatic hydroxyl groups is 2. The van der Waals surface area contributed by atoms with E-state index in [1.165, 1.54) is 29.4 Å². The minimum Gasteiger partial charge on any atom is -0.387 e. The molecular weight excluding hydrogens is 432 g/mol. The number of nitrogens with zero attached hydrogens (tertiary/aromatic N) is 4. The van der Waals surface area contributed by atoms with Gasteiger partial charge in [-0.2, -0.15) is 8.42 Å². The summed E-state index contributed by atoms with van der Waals surface area (Å²) in [4.78, 5) is 23.9. The van der Waals surface area contributed by atoms with Crippen LogP contribution in [0.25, 0.3) is 11.2 Å². The number of ether oxygens (including phenoxy) is 1. The number of amides is 1. The Morgan fingerprint density at radius 3 is 2.68 bits per heavy atom. The molecule has 1 aromatic carbocycles. The lowest BCUT2D eigenvalue weighted by molar-refractivity contribution is -0.0468. The third-order valence-corrected chi connectivity index (χ3v) is 5.52. The molecule has 4 atom stereocenters. The summed E-state index contributed by atoms with van der Waals surface area (Å²) in [6.45, 7) is -0.657. The SMILES string of the molecule is Nc1ncnc2c1ncn2[C@@H]1O[C@H](COS(=O)(=O)NC(=O)c2ccccc2)[C@H](O)C1O. The smallest absolute Gasteiger partial charge is 0.362 e. The van der Waals surface area contributed by atoms with Crippen LogP contribution in [0.2, 0.25) is 0 Å². The lowest BCUT2D eigenvalue weighted by Crippen LogP contribution is -2.37. The molecule has 1 amide bonds. The van der Waals surface area contributed by atoms with E-state index in [2.05, 4.69) is 15.0 Å². The molecule has 1 unspecified atom stereocenters. The number of fused-ring (bicyclic) bond motifs is 1. The zero-order chi connectivity index (χ0) is 22.2. The summed E-state index contributed by atoms with van der Waals surface area (Å²) in [5.41, 5.74) is 6.39. The standard InChI is InChI=1S/C17H18N6O7S/c18-14-11-15(20-7-19-14)23(8-21-11)17-13(25)12(24)10(30-17)6-29-31(27,28)22-16(26)9-4-2-1-3-5-9/h1-5,7-8,10,12-13,17,24-25H,6H2,(H,22,26)(H2,18,19,20)/t10-,12+,13?,17-/m1/s1. The summed E-state index contributed by atoms with van der Waals surface area (Å²) >= 11 is 0. The first-order chi connectivity index (χ1) is 14.8. The predicted molar refractivity (Wildman–Crippen MR) is 104 cm³/mol. The quantitative estimate of drug-likeness (QED) is 0.349. The summed E-state index contributed by atoms with van der Waals surface area (Å²) < 4.78 is 37.6. The highest BCUT2D eigenvalue weighted by atomic mass is 32.2. The molecule has 0 bridgehead atoms. The molecule has 13 nitrogen and oxygen atoms in total. The van der Waals surface area contributed by atoms with Crippen LogP contribution in [0.15, 0.2) is 43.0 Å². The maximum absolute atomic E-state index is 12.1. The van der Waals surface area contributed by atoms with Crippen molar-refractivity contribution >= 4 is 33.2 Å². The van der Waals surface area contributed by atoms with Crippen LogP contribution in [0.5, 0.6) is 0 Å². The van der Waals surface area contributed by atoms with Crippen molar-refractivity contribution in [1.82, 2.24) is 24.2 Å². The van der Waals surface area contributed by atoms with E-state index in [1.54, 1.807) is 22.9 Å². The fraction of sp³-hybridized carbons (Fsp3) is 0.294. The van der Waals surface area contributed by atoms with E-state index >= 15 is 0 Å². The molecule has 1 fully saturated rings. The highest BCUT2D eigenvalue weighted by molar-refractivity contribution is 7.85. The van der Waals surface area contributed by atoms with E-state index < -0.39 is 47.4 Å². The third-order valence-electron chi connectivity index (χ3n) is 4.64. The lowest BCUT2D eigenvalue weighted by atomic mass is 10.1. The van der Waals surface area contributed by atoms with Crippen LogP contribution < -0.4 is 10.5 Å². The van der Waals surface area contributed by atoms with Crippen LogP contribution in [0.4, 0.5) is 5.82 Å². The van der Waals surface area contributed by atoms with Crippen molar-refractivity contribution < 1.29 is 32.3 Å². The van der Waals surface area contributed by atoms with Gasteiger partial charge in [0.2, 0.25) is 0 Å². The molecule has 5 N–H and O–H groups in total. The van der Waals surface area contributed by atoms with Crippen molar-refractivity contribution in [2.75, 3.05) is 12.3 Å². The van der Waals surface area contributed by atoms with E-state index in [1.807, 2.05) is 0 Å². The molecule has 0 spiro atoms. The molecule has 1 saturated heterocycles. The number of hydrogen-bond acceptors (Lipinski definition) is 11. The van der Waals surface area contributed by atoms with Gasteiger partial charge in [0.25, 0.3) is 5.91 Å². The molecule has 164 valence electrons.